The smallest absolute Gasteiger partial charge is 0.338 e. The maximum atomic E-state index is 13.6. The van der Waals surface area contributed by atoms with Crippen LogP contribution in [0.3, 0.4) is 0 Å². The van der Waals surface area contributed by atoms with E-state index in [1.807, 2.05) is 37.3 Å². The van der Waals surface area contributed by atoms with Crippen LogP contribution in [0.2, 0.25) is 0 Å². The molecule has 0 saturated heterocycles. The lowest BCUT2D eigenvalue weighted by atomic mass is 9.79. The first-order chi connectivity index (χ1) is 19.7. The number of aryl methyl sites for hydroxylation is 1. The Bertz CT molecular complexity index is 1590. The van der Waals surface area contributed by atoms with Gasteiger partial charge in [0.25, 0.3) is 10.0 Å². The predicted octanol–water partition coefficient (Wildman–Crippen LogP) is 6.78. The van der Waals surface area contributed by atoms with Crippen molar-refractivity contribution in [2.45, 2.75) is 68.3 Å². The molecule has 41 heavy (non-hydrogen) atoms. The van der Waals surface area contributed by atoms with Gasteiger partial charge in [-0.1, -0.05) is 55.8 Å². The lowest BCUT2D eigenvalue weighted by Crippen LogP contribution is -2.42. The lowest BCUT2D eigenvalue weighted by Gasteiger charge is -2.39. The number of rotatable bonds is 11. The van der Waals surface area contributed by atoms with E-state index in [9.17, 15) is 18.3 Å². The summed E-state index contributed by atoms with van der Waals surface area (Å²) in [6.45, 7) is 2.05. The third-order valence-corrected chi connectivity index (χ3v) is 9.34. The van der Waals surface area contributed by atoms with E-state index < -0.39 is 27.5 Å². The molecule has 3 aromatic carbocycles. The van der Waals surface area contributed by atoms with Crippen molar-refractivity contribution in [3.63, 3.8) is 0 Å². The number of sulfonamides is 1. The average Bonchev–Trinajstić information content (AvgIpc) is 3.80. The number of esters is 1. The zero-order valence-electron chi connectivity index (χ0n) is 23.0. The van der Waals surface area contributed by atoms with E-state index in [0.717, 1.165) is 36.8 Å². The van der Waals surface area contributed by atoms with Gasteiger partial charge in [-0.2, -0.15) is 5.26 Å². The minimum absolute atomic E-state index is 0.0413. The molecule has 7 nitrogen and oxygen atoms in total. The van der Waals surface area contributed by atoms with Gasteiger partial charge in [-0.05, 0) is 85.5 Å². The van der Waals surface area contributed by atoms with Crippen LogP contribution in [0.25, 0.3) is 0 Å². The maximum Gasteiger partial charge on any atom is 0.338 e. The molecule has 0 bridgehead atoms. The second-order valence-corrected chi connectivity index (χ2v) is 12.7. The van der Waals surface area contributed by atoms with Crippen molar-refractivity contribution in [3.8, 4) is 6.07 Å². The summed E-state index contributed by atoms with van der Waals surface area (Å²) in [6.07, 6.45) is 4.91. The Balaban J connectivity index is 1.41. The first-order valence-corrected chi connectivity index (χ1v) is 15.5. The van der Waals surface area contributed by atoms with E-state index in [1.165, 1.54) is 24.3 Å². The Morgan fingerprint density at radius 1 is 1.05 bits per heavy atom. The van der Waals surface area contributed by atoms with E-state index >= 15 is 0 Å². The van der Waals surface area contributed by atoms with Crippen LogP contribution in [0.5, 0.6) is 0 Å². The molecule has 8 heteroatoms. The fraction of sp³-hybridized carbons (Fsp3) is 0.333. The Labute approximate surface area is 241 Å². The van der Waals surface area contributed by atoms with Crippen molar-refractivity contribution >= 4 is 21.7 Å². The Kier molecular flexibility index (Phi) is 8.18. The Hall–Kier alpha value is -4.09. The van der Waals surface area contributed by atoms with Crippen molar-refractivity contribution in [2.75, 3.05) is 4.72 Å². The van der Waals surface area contributed by atoms with Crippen LogP contribution in [0.4, 0.5) is 5.69 Å². The quantitative estimate of drug-likeness (QED) is 0.245. The van der Waals surface area contributed by atoms with Crippen molar-refractivity contribution < 1.29 is 23.1 Å². The molecule has 5 rings (SSSR count). The van der Waals surface area contributed by atoms with Crippen LogP contribution >= 0.6 is 0 Å². The number of aliphatic hydroxyl groups is 1. The van der Waals surface area contributed by atoms with Crippen molar-refractivity contribution in [3.05, 3.63) is 107 Å². The number of anilines is 1. The van der Waals surface area contributed by atoms with Crippen LogP contribution in [-0.4, -0.2) is 25.1 Å². The van der Waals surface area contributed by atoms with Crippen LogP contribution in [0.1, 0.15) is 68.1 Å². The molecule has 2 N–H and O–H groups in total. The van der Waals surface area contributed by atoms with Crippen molar-refractivity contribution in [1.29, 1.82) is 5.26 Å². The van der Waals surface area contributed by atoms with E-state index in [4.69, 9.17) is 10.00 Å². The first kappa shape index (κ1) is 28.4. The van der Waals surface area contributed by atoms with Crippen LogP contribution in [-0.2, 0) is 26.0 Å². The zero-order valence-corrected chi connectivity index (χ0v) is 23.9. The Morgan fingerprint density at radius 3 is 2.41 bits per heavy atom. The number of nitriles is 1. The largest absolute Gasteiger partial charge is 0.512 e. The summed E-state index contributed by atoms with van der Waals surface area (Å²) in [5, 5.41) is 20.4. The highest BCUT2D eigenvalue weighted by Crippen LogP contribution is 2.50. The van der Waals surface area contributed by atoms with Gasteiger partial charge in [0.1, 0.15) is 11.4 Å². The zero-order chi connectivity index (χ0) is 29.0. The SMILES string of the molecule is CCCC1(CCc2ccccc2)CC(O)=C(C(c2cccc(NS(=O)(=O)c3ccc(C#N)cc3)c2)C2CC2)C(=O)O1. The number of carbonyl (C=O) groups excluding carboxylic acids is 1. The van der Waals surface area contributed by atoms with Gasteiger partial charge in [0, 0.05) is 18.0 Å². The number of nitrogens with one attached hydrogen (secondary N) is 1. The van der Waals surface area contributed by atoms with Gasteiger partial charge in [0.05, 0.1) is 22.1 Å². The van der Waals surface area contributed by atoms with E-state index in [-0.39, 0.29) is 28.6 Å². The van der Waals surface area contributed by atoms with Gasteiger partial charge in [0.2, 0.25) is 0 Å². The standard InChI is InChI=1S/C33H34N2O5S/c1-2-18-33(19-17-23-7-4-3-5-8-23)21-29(36)31(32(37)40-33)30(25-13-14-25)26-9-6-10-27(20-26)35-41(38,39)28-15-11-24(22-34)12-16-28/h3-12,15-16,20,25,30,35-36H,2,13-14,17-19,21H2,1H3. The fourth-order valence-electron chi connectivity index (χ4n) is 5.81. The first-order valence-electron chi connectivity index (χ1n) is 14.1. The number of hydrogen-bond acceptors (Lipinski definition) is 6. The lowest BCUT2D eigenvalue weighted by molar-refractivity contribution is -0.161. The molecule has 0 radical (unpaired) electrons. The van der Waals surface area contributed by atoms with E-state index in [0.29, 0.717) is 24.1 Å². The summed E-state index contributed by atoms with van der Waals surface area (Å²) in [5.74, 6) is -0.650. The second kappa shape index (κ2) is 11.8. The Morgan fingerprint density at radius 2 is 1.78 bits per heavy atom. The number of aliphatic hydroxyl groups excluding tert-OH is 1. The van der Waals surface area contributed by atoms with Crippen LogP contribution < -0.4 is 4.72 Å². The molecule has 1 fully saturated rings. The molecule has 1 aliphatic carbocycles. The average molecular weight is 571 g/mol. The topological polar surface area (TPSA) is 116 Å². The molecule has 3 aromatic rings. The summed E-state index contributed by atoms with van der Waals surface area (Å²) in [7, 11) is -3.90. The minimum Gasteiger partial charge on any atom is -0.512 e. The molecule has 1 heterocycles. The predicted molar refractivity (Wildman–Crippen MR) is 157 cm³/mol. The van der Waals surface area contributed by atoms with E-state index in [2.05, 4.69) is 16.9 Å². The molecule has 212 valence electrons. The highest BCUT2D eigenvalue weighted by molar-refractivity contribution is 7.92. The summed E-state index contributed by atoms with van der Waals surface area (Å²) in [4.78, 5) is 13.7. The van der Waals surface area contributed by atoms with Gasteiger partial charge in [0.15, 0.2) is 0 Å². The summed E-state index contributed by atoms with van der Waals surface area (Å²) < 4.78 is 34.8. The number of nitrogens with zero attached hydrogens (tertiary/aromatic N) is 1. The van der Waals surface area contributed by atoms with Gasteiger partial charge in [-0.15, -0.1) is 0 Å². The summed E-state index contributed by atoms with van der Waals surface area (Å²) >= 11 is 0. The molecule has 2 unspecified atom stereocenters. The third kappa shape index (κ3) is 6.47. The van der Waals surface area contributed by atoms with Gasteiger partial charge in [-0.3, -0.25) is 4.72 Å². The molecule has 1 saturated carbocycles. The molecular weight excluding hydrogens is 536 g/mol. The molecule has 0 aromatic heterocycles. The van der Waals surface area contributed by atoms with E-state index in [1.54, 1.807) is 18.2 Å². The van der Waals surface area contributed by atoms with Crippen LogP contribution in [0.15, 0.2) is 95.1 Å². The summed E-state index contributed by atoms with van der Waals surface area (Å²) in [5.41, 5.74) is 2.15. The second-order valence-electron chi connectivity index (χ2n) is 11.0. The van der Waals surface area contributed by atoms with Crippen molar-refractivity contribution in [2.24, 2.45) is 5.92 Å². The molecule has 2 aliphatic rings. The van der Waals surface area contributed by atoms with Crippen molar-refractivity contribution in [1.82, 2.24) is 0 Å². The normalized spacial score (nSPS) is 19.8. The summed E-state index contributed by atoms with van der Waals surface area (Å²) in [6, 6.07) is 24.7. The maximum absolute atomic E-state index is 13.6. The molecule has 0 amide bonds. The number of cyclic esters (lactones) is 1. The molecule has 2 atom stereocenters. The number of carbonyl (C=O) groups is 1. The third-order valence-electron chi connectivity index (χ3n) is 7.94. The minimum atomic E-state index is -3.90. The number of hydrogen-bond donors (Lipinski definition) is 2. The number of ether oxygens (including phenoxy) is 1. The number of benzene rings is 3. The van der Waals surface area contributed by atoms with Crippen LogP contribution in [0, 0.1) is 17.2 Å². The fourth-order valence-corrected chi connectivity index (χ4v) is 6.86. The van der Waals surface area contributed by atoms with Gasteiger partial charge in [-0.25, -0.2) is 13.2 Å². The van der Waals surface area contributed by atoms with Gasteiger partial charge >= 0.3 is 5.97 Å². The molecule has 0 spiro atoms. The highest BCUT2D eigenvalue weighted by Gasteiger charge is 2.47. The molecule has 1 aliphatic heterocycles. The van der Waals surface area contributed by atoms with Gasteiger partial charge < -0.3 is 9.84 Å². The molecular formula is C33H34N2O5S. The monoisotopic (exact) mass is 570 g/mol. The highest BCUT2D eigenvalue weighted by atomic mass is 32.2.